The molecule has 0 unspecified atom stereocenters. The van der Waals surface area contributed by atoms with Gasteiger partial charge in [-0.25, -0.2) is 8.42 Å². The first kappa shape index (κ1) is 20.5. The molecule has 1 saturated heterocycles. The van der Waals surface area contributed by atoms with Gasteiger partial charge < -0.3 is 19.3 Å². The van der Waals surface area contributed by atoms with Crippen LogP contribution in [0.4, 0.5) is 5.69 Å². The summed E-state index contributed by atoms with van der Waals surface area (Å²) in [6.45, 7) is 2.02. The Morgan fingerprint density at radius 2 is 1.63 bits per heavy atom. The average Bonchev–Trinajstić information content (AvgIpc) is 2.78. The zero-order valence-corrected chi connectivity index (χ0v) is 17.9. The Kier molecular flexibility index (Phi) is 5.57. The highest BCUT2D eigenvalue weighted by atomic mass is 32.2. The van der Waals surface area contributed by atoms with E-state index in [4.69, 9.17) is 9.47 Å². The molecule has 160 valence electrons. The lowest BCUT2D eigenvalue weighted by Gasteiger charge is -2.34. The topological polar surface area (TPSA) is 79.4 Å². The summed E-state index contributed by atoms with van der Waals surface area (Å²) in [5, 5.41) is 0. The van der Waals surface area contributed by atoms with Crippen LogP contribution in [0.1, 0.15) is 10.4 Å². The zero-order valence-electron chi connectivity index (χ0n) is 17.1. The van der Waals surface area contributed by atoms with Crippen molar-refractivity contribution in [3.05, 3.63) is 48.0 Å². The zero-order chi connectivity index (χ0) is 21.3. The number of anilines is 1. The standard InChI is InChI=1S/C21H25N3O5S/c1-22(2)17-5-3-4-16(14-17)21(25)23-8-10-24(11-9-23)30(26,27)18-6-7-19-20(15-18)29-13-12-28-19/h3-7,14-15H,8-13H2,1-2H3. The molecule has 2 heterocycles. The number of piperazine rings is 1. The first-order chi connectivity index (χ1) is 14.4. The molecule has 4 rings (SSSR count). The molecule has 9 heteroatoms. The highest BCUT2D eigenvalue weighted by Gasteiger charge is 2.31. The van der Waals surface area contributed by atoms with Gasteiger partial charge in [0.15, 0.2) is 11.5 Å². The van der Waals surface area contributed by atoms with Crippen LogP contribution in [0.15, 0.2) is 47.4 Å². The van der Waals surface area contributed by atoms with Crippen LogP contribution in [0.2, 0.25) is 0 Å². The number of carbonyl (C=O) groups excluding carboxylic acids is 1. The van der Waals surface area contributed by atoms with Crippen molar-refractivity contribution in [2.45, 2.75) is 4.90 Å². The number of sulfonamides is 1. The summed E-state index contributed by atoms with van der Waals surface area (Å²) < 4.78 is 38.5. The molecule has 0 radical (unpaired) electrons. The van der Waals surface area contributed by atoms with Gasteiger partial charge in [-0.1, -0.05) is 6.07 Å². The Hall–Kier alpha value is -2.78. The van der Waals surface area contributed by atoms with Crippen molar-refractivity contribution >= 4 is 21.6 Å². The van der Waals surface area contributed by atoms with Crippen molar-refractivity contribution in [1.29, 1.82) is 0 Å². The maximum atomic E-state index is 13.1. The van der Waals surface area contributed by atoms with E-state index >= 15 is 0 Å². The summed E-state index contributed by atoms with van der Waals surface area (Å²) in [6.07, 6.45) is 0. The average molecular weight is 432 g/mol. The number of benzene rings is 2. The second kappa shape index (κ2) is 8.16. The lowest BCUT2D eigenvalue weighted by molar-refractivity contribution is 0.0698. The third-order valence-electron chi connectivity index (χ3n) is 5.29. The van der Waals surface area contributed by atoms with Gasteiger partial charge in [-0.15, -0.1) is 0 Å². The number of carbonyl (C=O) groups is 1. The molecule has 2 aliphatic heterocycles. The van der Waals surface area contributed by atoms with Gasteiger partial charge in [0.1, 0.15) is 13.2 Å². The third-order valence-corrected chi connectivity index (χ3v) is 7.18. The van der Waals surface area contributed by atoms with Gasteiger partial charge in [0.25, 0.3) is 5.91 Å². The third kappa shape index (κ3) is 3.95. The Bertz CT molecular complexity index is 1050. The van der Waals surface area contributed by atoms with E-state index in [-0.39, 0.29) is 23.9 Å². The van der Waals surface area contributed by atoms with E-state index in [9.17, 15) is 13.2 Å². The fraction of sp³-hybridized carbons (Fsp3) is 0.381. The van der Waals surface area contributed by atoms with Crippen LogP contribution in [0.5, 0.6) is 11.5 Å². The Morgan fingerprint density at radius 3 is 2.33 bits per heavy atom. The summed E-state index contributed by atoms with van der Waals surface area (Å²) in [4.78, 5) is 16.7. The summed E-state index contributed by atoms with van der Waals surface area (Å²) in [5.74, 6) is 0.905. The Balaban J connectivity index is 1.45. The fourth-order valence-corrected chi connectivity index (χ4v) is 5.00. The highest BCUT2D eigenvalue weighted by molar-refractivity contribution is 7.89. The number of fused-ring (bicyclic) bond motifs is 1. The largest absolute Gasteiger partial charge is 0.486 e. The smallest absolute Gasteiger partial charge is 0.254 e. The van der Waals surface area contributed by atoms with Crippen molar-refractivity contribution in [2.24, 2.45) is 0 Å². The van der Waals surface area contributed by atoms with Gasteiger partial charge in [-0.05, 0) is 30.3 Å². The van der Waals surface area contributed by atoms with E-state index < -0.39 is 10.0 Å². The summed E-state index contributed by atoms with van der Waals surface area (Å²) in [5.41, 5.74) is 1.55. The maximum absolute atomic E-state index is 13.1. The quantitative estimate of drug-likeness (QED) is 0.733. The lowest BCUT2D eigenvalue weighted by Crippen LogP contribution is -2.50. The van der Waals surface area contributed by atoms with Gasteiger partial charge in [-0.3, -0.25) is 4.79 Å². The Morgan fingerprint density at radius 1 is 0.933 bits per heavy atom. The van der Waals surface area contributed by atoms with Gasteiger partial charge >= 0.3 is 0 Å². The molecule has 0 saturated carbocycles. The Labute approximate surface area is 176 Å². The van der Waals surface area contributed by atoms with Gasteiger partial charge in [0.2, 0.25) is 10.0 Å². The second-order valence-electron chi connectivity index (χ2n) is 7.45. The van der Waals surface area contributed by atoms with Crippen LogP contribution in [-0.4, -0.2) is 77.0 Å². The normalized spacial score (nSPS) is 16.9. The monoisotopic (exact) mass is 431 g/mol. The van der Waals surface area contributed by atoms with Gasteiger partial charge in [-0.2, -0.15) is 4.31 Å². The lowest BCUT2D eigenvalue weighted by atomic mass is 10.1. The molecule has 0 atom stereocenters. The molecule has 0 bridgehead atoms. The van der Waals surface area contributed by atoms with Gasteiger partial charge in [0.05, 0.1) is 4.90 Å². The molecule has 2 aromatic rings. The molecule has 2 aliphatic rings. The minimum absolute atomic E-state index is 0.0879. The van der Waals surface area contributed by atoms with Crippen LogP contribution in [0.25, 0.3) is 0 Å². The molecule has 0 spiro atoms. The molecule has 0 aromatic heterocycles. The number of amides is 1. The predicted molar refractivity (Wildman–Crippen MR) is 113 cm³/mol. The van der Waals surface area contributed by atoms with E-state index in [1.54, 1.807) is 17.0 Å². The number of hydrogen-bond acceptors (Lipinski definition) is 6. The molecular formula is C21H25N3O5S. The summed E-state index contributed by atoms with van der Waals surface area (Å²) >= 11 is 0. The van der Waals surface area contributed by atoms with E-state index in [0.717, 1.165) is 5.69 Å². The highest BCUT2D eigenvalue weighted by Crippen LogP contribution is 2.33. The van der Waals surface area contributed by atoms with E-state index in [2.05, 4.69) is 0 Å². The van der Waals surface area contributed by atoms with Crippen LogP contribution in [0, 0.1) is 0 Å². The molecule has 0 N–H and O–H groups in total. The second-order valence-corrected chi connectivity index (χ2v) is 9.38. The fourth-order valence-electron chi connectivity index (χ4n) is 3.56. The van der Waals surface area contributed by atoms with Crippen molar-refractivity contribution in [3.63, 3.8) is 0 Å². The van der Waals surface area contributed by atoms with E-state index in [1.807, 2.05) is 37.2 Å². The van der Waals surface area contributed by atoms with Gasteiger partial charge in [0, 0.05) is 57.6 Å². The minimum Gasteiger partial charge on any atom is -0.486 e. The van der Waals surface area contributed by atoms with Crippen molar-refractivity contribution < 1.29 is 22.7 Å². The maximum Gasteiger partial charge on any atom is 0.254 e. The minimum atomic E-state index is -3.67. The van der Waals surface area contributed by atoms with Crippen LogP contribution in [0.3, 0.4) is 0 Å². The summed E-state index contributed by atoms with van der Waals surface area (Å²) in [6, 6.07) is 12.1. The van der Waals surface area contributed by atoms with Crippen molar-refractivity contribution in [1.82, 2.24) is 9.21 Å². The van der Waals surface area contributed by atoms with E-state index in [1.165, 1.54) is 16.4 Å². The van der Waals surface area contributed by atoms with Crippen molar-refractivity contribution in [2.75, 3.05) is 58.4 Å². The SMILES string of the molecule is CN(C)c1cccc(C(=O)N2CCN(S(=O)(=O)c3ccc4c(c3)OCCO4)CC2)c1. The van der Waals surface area contributed by atoms with Crippen LogP contribution < -0.4 is 14.4 Å². The molecule has 0 aliphatic carbocycles. The van der Waals surface area contributed by atoms with E-state index in [0.29, 0.717) is 43.4 Å². The molecule has 1 fully saturated rings. The number of rotatable bonds is 4. The van der Waals surface area contributed by atoms with Crippen LogP contribution in [-0.2, 0) is 10.0 Å². The first-order valence-corrected chi connectivity index (χ1v) is 11.3. The molecule has 8 nitrogen and oxygen atoms in total. The van der Waals surface area contributed by atoms with Crippen LogP contribution >= 0.6 is 0 Å². The molecule has 2 aromatic carbocycles. The number of hydrogen-bond donors (Lipinski definition) is 0. The molecule has 1 amide bonds. The molecule has 30 heavy (non-hydrogen) atoms. The molecular weight excluding hydrogens is 406 g/mol. The predicted octanol–water partition coefficient (Wildman–Crippen LogP) is 1.67. The number of nitrogens with zero attached hydrogens (tertiary/aromatic N) is 3. The summed E-state index contributed by atoms with van der Waals surface area (Å²) in [7, 11) is 0.169. The first-order valence-electron chi connectivity index (χ1n) is 9.83. The van der Waals surface area contributed by atoms with Crippen molar-refractivity contribution in [3.8, 4) is 11.5 Å². The number of ether oxygens (including phenoxy) is 2.